The second kappa shape index (κ2) is 13.5. The molecule has 0 rings (SSSR count). The zero-order valence-electron chi connectivity index (χ0n) is 6.13. The fourth-order valence-electron chi connectivity index (χ4n) is 0. The van der Waals surface area contributed by atoms with Gasteiger partial charge >= 0.3 is 175 Å². The second-order valence-electron chi connectivity index (χ2n) is 0.704. The first kappa shape index (κ1) is 24.0. The summed E-state index contributed by atoms with van der Waals surface area (Å²) in [4.78, 5) is 27.8. The molecule has 0 unspecified atom stereocenters. The molecule has 0 saturated carbocycles. The van der Waals surface area contributed by atoms with Gasteiger partial charge in [0.2, 0.25) is 0 Å². The Hall–Kier alpha value is 5.47. The number of hydrogen-bond acceptors (Lipinski definition) is 4. The van der Waals surface area contributed by atoms with Crippen LogP contribution in [0.5, 0.6) is 0 Å². The van der Waals surface area contributed by atoms with Crippen molar-refractivity contribution in [3.63, 3.8) is 0 Å². The maximum Gasteiger partial charge on any atom is 1.00 e. The summed E-state index contributed by atoms with van der Waals surface area (Å²) in [5.74, 6) is 0. The van der Waals surface area contributed by atoms with Crippen LogP contribution in [0.15, 0.2) is 0 Å². The van der Waals surface area contributed by atoms with Gasteiger partial charge in [-0.15, -0.1) is 9.05 Å². The summed E-state index contributed by atoms with van der Waals surface area (Å²) >= 11 is 0. The standard InChI is InChI=1S/CH3O4Si.3Rb/c1-5-6(2,3)4;;;/h1H3;;;/q-3;3*+1. The summed E-state index contributed by atoms with van der Waals surface area (Å²) in [6.45, 7) is 0. The van der Waals surface area contributed by atoms with Crippen molar-refractivity contribution in [3.05, 3.63) is 0 Å². The van der Waals surface area contributed by atoms with E-state index in [0.29, 0.717) is 0 Å². The van der Waals surface area contributed by atoms with Gasteiger partial charge in [0, 0.05) is 7.11 Å². The molecule has 0 fully saturated rings. The summed E-state index contributed by atoms with van der Waals surface area (Å²) < 4.78 is 3.41. The maximum atomic E-state index is 9.28. The Morgan fingerprint density at radius 2 is 1.11 bits per heavy atom. The van der Waals surface area contributed by atoms with E-state index in [0.717, 1.165) is 7.11 Å². The third-order valence-electron chi connectivity index (χ3n) is 0.250. The van der Waals surface area contributed by atoms with E-state index in [1.807, 2.05) is 0 Å². The Kier molecular flexibility index (Phi) is 35.9. The molecule has 0 aliphatic rings. The fraction of sp³-hybridized carbons (Fsp3) is 1.00. The molecule has 0 aliphatic carbocycles. The van der Waals surface area contributed by atoms with Crippen molar-refractivity contribution in [1.82, 2.24) is 0 Å². The van der Waals surface area contributed by atoms with Gasteiger partial charge in [0.25, 0.3) is 0 Å². The molecule has 0 amide bonds. The van der Waals surface area contributed by atoms with E-state index in [4.69, 9.17) is 0 Å². The second-order valence-corrected chi connectivity index (χ2v) is 2.11. The van der Waals surface area contributed by atoms with Crippen LogP contribution < -0.4 is 189 Å². The molecule has 0 aromatic carbocycles. The molecule has 0 bridgehead atoms. The first-order chi connectivity index (χ1) is 2.56. The summed E-state index contributed by atoms with van der Waals surface area (Å²) in [7, 11) is -4.05. The van der Waals surface area contributed by atoms with Crippen molar-refractivity contribution in [2.24, 2.45) is 0 Å². The van der Waals surface area contributed by atoms with Gasteiger partial charge < -0.3 is 18.8 Å². The smallest absolute Gasteiger partial charge is 0.861 e. The molecule has 0 aromatic rings. The number of rotatable bonds is 1. The number of hydrogen-bond donors (Lipinski definition) is 0. The topological polar surface area (TPSA) is 78.4 Å². The minimum absolute atomic E-state index is 0. The van der Waals surface area contributed by atoms with E-state index in [9.17, 15) is 14.4 Å². The minimum atomic E-state index is -4.88. The average Bonchev–Trinajstić information content (AvgIpc) is 1.35. The third-order valence-corrected chi connectivity index (χ3v) is 0.750. The molecule has 0 aliphatic heterocycles. The predicted molar refractivity (Wildman–Crippen MR) is 12.8 cm³/mol. The van der Waals surface area contributed by atoms with Crippen molar-refractivity contribution >= 4 is 9.05 Å². The molecule has 0 heterocycles. The molecule has 4 nitrogen and oxygen atoms in total. The van der Waals surface area contributed by atoms with Crippen LogP contribution in [-0.2, 0) is 4.43 Å². The van der Waals surface area contributed by atoms with Crippen molar-refractivity contribution in [1.29, 1.82) is 0 Å². The molecule has 38 valence electrons. The molecule has 0 spiro atoms. The largest absolute Gasteiger partial charge is 1.00 e. The fourth-order valence-corrected chi connectivity index (χ4v) is 0. The zero-order valence-corrected chi connectivity index (χ0v) is 21.9. The first-order valence-electron chi connectivity index (χ1n) is 1.22. The van der Waals surface area contributed by atoms with E-state index in [2.05, 4.69) is 4.43 Å². The van der Waals surface area contributed by atoms with Gasteiger partial charge in [0.1, 0.15) is 0 Å². The molecule has 0 radical (unpaired) electrons. The Bertz CT molecular complexity index is 45.6. The molecule has 8 heteroatoms. The van der Waals surface area contributed by atoms with E-state index in [1.165, 1.54) is 0 Å². The average molecular weight is 364 g/mol. The van der Waals surface area contributed by atoms with Crippen LogP contribution >= 0.6 is 0 Å². The molecular formula is CH3O4Rb3Si. The Labute approximate surface area is 202 Å². The molecular weight excluding hydrogens is 360 g/mol. The Morgan fingerprint density at radius 3 is 1.11 bits per heavy atom. The van der Waals surface area contributed by atoms with Gasteiger partial charge in [-0.2, -0.15) is 0 Å². The summed E-state index contributed by atoms with van der Waals surface area (Å²) in [5, 5.41) is 0. The summed E-state index contributed by atoms with van der Waals surface area (Å²) in [5.41, 5.74) is 0. The summed E-state index contributed by atoms with van der Waals surface area (Å²) in [6.07, 6.45) is 0. The molecule has 0 saturated heterocycles. The molecule has 0 atom stereocenters. The van der Waals surface area contributed by atoms with Crippen LogP contribution in [0, 0.1) is 0 Å². The van der Waals surface area contributed by atoms with Crippen molar-refractivity contribution in [2.45, 2.75) is 0 Å². The monoisotopic (exact) mass is 362 g/mol. The Morgan fingerprint density at radius 1 is 1.00 bits per heavy atom. The van der Waals surface area contributed by atoms with Crippen molar-refractivity contribution < 1.29 is 193 Å². The van der Waals surface area contributed by atoms with E-state index in [1.54, 1.807) is 0 Å². The van der Waals surface area contributed by atoms with Crippen molar-refractivity contribution in [2.75, 3.05) is 7.11 Å². The van der Waals surface area contributed by atoms with Gasteiger partial charge in [-0.05, 0) is 0 Å². The maximum absolute atomic E-state index is 9.28. The van der Waals surface area contributed by atoms with Crippen LogP contribution in [0.4, 0.5) is 0 Å². The van der Waals surface area contributed by atoms with Gasteiger partial charge in [0.15, 0.2) is 0 Å². The predicted octanol–water partition coefficient (Wildman–Crippen LogP) is -12.8. The molecule has 0 N–H and O–H groups in total. The minimum Gasteiger partial charge on any atom is -0.861 e. The van der Waals surface area contributed by atoms with Crippen LogP contribution in [0.1, 0.15) is 0 Å². The first-order valence-corrected chi connectivity index (χ1v) is 2.86. The molecule has 9 heavy (non-hydrogen) atoms. The van der Waals surface area contributed by atoms with Crippen LogP contribution in [0.3, 0.4) is 0 Å². The third kappa shape index (κ3) is 24.7. The van der Waals surface area contributed by atoms with Gasteiger partial charge in [-0.25, -0.2) is 0 Å². The quantitative estimate of drug-likeness (QED) is 0.434. The zero-order chi connectivity index (χ0) is 5.21. The normalized spacial score (nSPS) is 8.00. The summed E-state index contributed by atoms with van der Waals surface area (Å²) in [6, 6.07) is 0. The van der Waals surface area contributed by atoms with E-state index < -0.39 is 9.05 Å². The van der Waals surface area contributed by atoms with Gasteiger partial charge in [-0.1, -0.05) is 0 Å². The SMILES string of the molecule is CO[Si]([O-])([O-])[O-].[Rb+].[Rb+].[Rb+]. The van der Waals surface area contributed by atoms with E-state index in [-0.39, 0.29) is 175 Å². The molecule has 0 aromatic heterocycles. The van der Waals surface area contributed by atoms with Gasteiger partial charge in [-0.3, -0.25) is 0 Å². The van der Waals surface area contributed by atoms with E-state index >= 15 is 0 Å². The van der Waals surface area contributed by atoms with Crippen LogP contribution in [0.2, 0.25) is 0 Å². The van der Waals surface area contributed by atoms with Crippen molar-refractivity contribution in [3.8, 4) is 0 Å². The van der Waals surface area contributed by atoms with Crippen LogP contribution in [0.25, 0.3) is 0 Å². The van der Waals surface area contributed by atoms with Gasteiger partial charge in [0.05, 0.1) is 0 Å². The Balaban J connectivity index is -0.0000000417. The van der Waals surface area contributed by atoms with Crippen LogP contribution in [-0.4, -0.2) is 16.2 Å².